The summed E-state index contributed by atoms with van der Waals surface area (Å²) >= 11 is 0. The molecule has 0 saturated carbocycles. The lowest BCUT2D eigenvalue weighted by atomic mass is 9.98. The van der Waals surface area contributed by atoms with E-state index in [4.69, 9.17) is 9.47 Å². The third kappa shape index (κ3) is 4.30. The van der Waals surface area contributed by atoms with Crippen LogP contribution in [0.5, 0.6) is 0 Å². The highest BCUT2D eigenvalue weighted by Crippen LogP contribution is 2.22. The SMILES string of the molecule is CO[C@@]1(CC(=O)N(C)Cc2nonc2C)COCCN(C(C)=O)C1. The zero-order chi connectivity index (χ0) is 17.7. The molecule has 9 nitrogen and oxygen atoms in total. The zero-order valence-corrected chi connectivity index (χ0v) is 14.6. The Morgan fingerprint density at radius 1 is 1.42 bits per heavy atom. The number of carbonyl (C=O) groups excluding carboxylic acids is 2. The van der Waals surface area contributed by atoms with E-state index >= 15 is 0 Å². The van der Waals surface area contributed by atoms with Gasteiger partial charge in [-0.05, 0) is 6.92 Å². The van der Waals surface area contributed by atoms with Crippen LogP contribution in [0.1, 0.15) is 24.7 Å². The highest BCUT2D eigenvalue weighted by atomic mass is 16.6. The number of methoxy groups -OCH3 is 1. The molecular formula is C15H24N4O5. The second-order valence-electron chi connectivity index (χ2n) is 6.10. The second kappa shape index (κ2) is 7.71. The molecule has 0 bridgehead atoms. The van der Waals surface area contributed by atoms with Crippen molar-refractivity contribution >= 4 is 11.8 Å². The average Bonchev–Trinajstić information content (AvgIpc) is 2.82. The normalized spacial score (nSPS) is 21.4. The predicted octanol–water partition coefficient (Wildman–Crippen LogP) is -0.00958. The van der Waals surface area contributed by atoms with Crippen LogP contribution in [0.3, 0.4) is 0 Å². The van der Waals surface area contributed by atoms with Crippen molar-refractivity contribution in [1.29, 1.82) is 0 Å². The predicted molar refractivity (Wildman–Crippen MR) is 82.9 cm³/mol. The first-order valence-corrected chi connectivity index (χ1v) is 7.77. The van der Waals surface area contributed by atoms with E-state index in [1.165, 1.54) is 18.9 Å². The van der Waals surface area contributed by atoms with Crippen molar-refractivity contribution in [2.45, 2.75) is 32.4 Å². The molecule has 0 spiro atoms. The lowest BCUT2D eigenvalue weighted by Crippen LogP contribution is -2.50. The van der Waals surface area contributed by atoms with Crippen molar-refractivity contribution in [1.82, 2.24) is 20.1 Å². The molecule has 0 unspecified atom stereocenters. The van der Waals surface area contributed by atoms with E-state index in [0.29, 0.717) is 37.6 Å². The van der Waals surface area contributed by atoms with Gasteiger partial charge in [0.05, 0.1) is 32.7 Å². The smallest absolute Gasteiger partial charge is 0.225 e. The Hall–Kier alpha value is -2.00. The molecule has 2 heterocycles. The molecule has 9 heteroatoms. The van der Waals surface area contributed by atoms with Crippen molar-refractivity contribution < 1.29 is 23.7 Å². The van der Waals surface area contributed by atoms with Crippen LogP contribution in [-0.4, -0.2) is 78.0 Å². The lowest BCUT2D eigenvalue weighted by molar-refractivity contribution is -0.145. The molecule has 1 aromatic heterocycles. The van der Waals surface area contributed by atoms with Crippen LogP contribution >= 0.6 is 0 Å². The van der Waals surface area contributed by atoms with Gasteiger partial charge in [0.2, 0.25) is 11.8 Å². The van der Waals surface area contributed by atoms with E-state index < -0.39 is 5.60 Å². The molecule has 1 atom stereocenters. The maximum Gasteiger partial charge on any atom is 0.225 e. The van der Waals surface area contributed by atoms with E-state index in [2.05, 4.69) is 14.9 Å². The molecule has 1 aliphatic heterocycles. The molecule has 0 N–H and O–H groups in total. The van der Waals surface area contributed by atoms with Gasteiger partial charge in [-0.15, -0.1) is 0 Å². The zero-order valence-electron chi connectivity index (χ0n) is 14.6. The largest absolute Gasteiger partial charge is 0.377 e. The van der Waals surface area contributed by atoms with Crippen LogP contribution in [0.25, 0.3) is 0 Å². The molecule has 2 amide bonds. The lowest BCUT2D eigenvalue weighted by Gasteiger charge is -2.34. The summed E-state index contributed by atoms with van der Waals surface area (Å²) in [5.74, 6) is -0.194. The molecular weight excluding hydrogens is 316 g/mol. The standard InChI is InChI=1S/C15H24N4O5/c1-11-13(17-24-16-11)8-18(3)14(21)7-15(22-4)9-19(12(2)20)5-6-23-10-15/h5-10H2,1-4H3/t15-/m1/s1. The number of ether oxygens (including phenoxy) is 2. The fraction of sp³-hybridized carbons (Fsp3) is 0.733. The minimum Gasteiger partial charge on any atom is -0.377 e. The van der Waals surface area contributed by atoms with Crippen LogP contribution in [0.4, 0.5) is 0 Å². The van der Waals surface area contributed by atoms with Gasteiger partial charge in [-0.25, -0.2) is 4.63 Å². The van der Waals surface area contributed by atoms with Gasteiger partial charge in [0.1, 0.15) is 17.0 Å². The first-order chi connectivity index (χ1) is 11.4. The molecule has 0 aromatic carbocycles. The molecule has 2 rings (SSSR count). The first kappa shape index (κ1) is 18.3. The maximum atomic E-state index is 12.6. The van der Waals surface area contributed by atoms with Crippen molar-refractivity contribution in [2.24, 2.45) is 0 Å². The number of amides is 2. The first-order valence-electron chi connectivity index (χ1n) is 7.77. The van der Waals surface area contributed by atoms with Crippen molar-refractivity contribution in [2.75, 3.05) is 40.5 Å². The summed E-state index contributed by atoms with van der Waals surface area (Å²) in [6.07, 6.45) is 0.105. The molecule has 1 aliphatic rings. The van der Waals surface area contributed by atoms with Crippen LogP contribution in [0.15, 0.2) is 4.63 Å². The summed E-state index contributed by atoms with van der Waals surface area (Å²) in [6, 6.07) is 0. The number of hydrogen-bond donors (Lipinski definition) is 0. The Kier molecular flexibility index (Phi) is 5.89. The number of aromatic nitrogens is 2. The maximum absolute atomic E-state index is 12.6. The van der Waals surface area contributed by atoms with E-state index in [-0.39, 0.29) is 24.8 Å². The van der Waals surface area contributed by atoms with E-state index in [1.807, 2.05) is 0 Å². The van der Waals surface area contributed by atoms with Crippen LogP contribution in [0.2, 0.25) is 0 Å². The van der Waals surface area contributed by atoms with Gasteiger partial charge in [0, 0.05) is 27.6 Å². The summed E-state index contributed by atoms with van der Waals surface area (Å²) in [6.45, 7) is 5.07. The van der Waals surface area contributed by atoms with Crippen LogP contribution in [0, 0.1) is 6.92 Å². The minimum absolute atomic E-state index is 0.0629. The summed E-state index contributed by atoms with van der Waals surface area (Å²) in [7, 11) is 3.21. The van der Waals surface area contributed by atoms with E-state index in [9.17, 15) is 9.59 Å². The Bertz CT molecular complexity index is 590. The third-order valence-corrected chi connectivity index (χ3v) is 4.26. The Labute approximate surface area is 140 Å². The highest BCUT2D eigenvalue weighted by molar-refractivity contribution is 5.77. The van der Waals surface area contributed by atoms with Gasteiger partial charge in [-0.1, -0.05) is 10.3 Å². The van der Waals surface area contributed by atoms with Gasteiger partial charge in [0.25, 0.3) is 0 Å². The number of carbonyl (C=O) groups is 2. The molecule has 1 saturated heterocycles. The molecule has 1 aromatic rings. The summed E-state index contributed by atoms with van der Waals surface area (Å²) in [5, 5.41) is 7.49. The highest BCUT2D eigenvalue weighted by Gasteiger charge is 2.38. The van der Waals surface area contributed by atoms with Gasteiger partial charge >= 0.3 is 0 Å². The van der Waals surface area contributed by atoms with Crippen LogP contribution in [-0.2, 0) is 25.6 Å². The third-order valence-electron chi connectivity index (χ3n) is 4.26. The number of rotatable bonds is 5. The Morgan fingerprint density at radius 3 is 2.75 bits per heavy atom. The fourth-order valence-corrected chi connectivity index (χ4v) is 2.59. The molecule has 0 aliphatic carbocycles. The summed E-state index contributed by atoms with van der Waals surface area (Å²) in [4.78, 5) is 27.5. The van der Waals surface area contributed by atoms with Crippen molar-refractivity contribution in [3.63, 3.8) is 0 Å². The Balaban J connectivity index is 2.05. The number of aryl methyl sites for hydroxylation is 1. The van der Waals surface area contributed by atoms with E-state index in [1.54, 1.807) is 18.9 Å². The van der Waals surface area contributed by atoms with Gasteiger partial charge < -0.3 is 19.3 Å². The second-order valence-corrected chi connectivity index (χ2v) is 6.10. The number of hydrogen-bond acceptors (Lipinski definition) is 7. The molecule has 0 radical (unpaired) electrons. The van der Waals surface area contributed by atoms with Gasteiger partial charge in [-0.2, -0.15) is 0 Å². The van der Waals surface area contributed by atoms with Crippen molar-refractivity contribution in [3.8, 4) is 0 Å². The number of nitrogens with zero attached hydrogens (tertiary/aromatic N) is 4. The van der Waals surface area contributed by atoms with Crippen LogP contribution < -0.4 is 0 Å². The Morgan fingerprint density at radius 2 is 2.17 bits per heavy atom. The van der Waals surface area contributed by atoms with E-state index in [0.717, 1.165) is 0 Å². The minimum atomic E-state index is -0.857. The fourth-order valence-electron chi connectivity index (χ4n) is 2.59. The quantitative estimate of drug-likeness (QED) is 0.743. The van der Waals surface area contributed by atoms with Crippen molar-refractivity contribution in [3.05, 3.63) is 11.4 Å². The van der Waals surface area contributed by atoms with Gasteiger partial charge in [-0.3, -0.25) is 9.59 Å². The van der Waals surface area contributed by atoms with Gasteiger partial charge in [0.15, 0.2) is 0 Å². The molecule has 134 valence electrons. The topological polar surface area (TPSA) is 98.0 Å². The monoisotopic (exact) mass is 340 g/mol. The molecule has 1 fully saturated rings. The molecule has 24 heavy (non-hydrogen) atoms. The average molecular weight is 340 g/mol. The summed E-state index contributed by atoms with van der Waals surface area (Å²) < 4.78 is 15.8. The summed E-state index contributed by atoms with van der Waals surface area (Å²) in [5.41, 5.74) is 0.404.